The van der Waals surface area contributed by atoms with E-state index in [0.29, 0.717) is 12.4 Å². The van der Waals surface area contributed by atoms with E-state index in [9.17, 15) is 13.2 Å². The van der Waals surface area contributed by atoms with Gasteiger partial charge in [0.2, 0.25) is 0 Å². The highest BCUT2D eigenvalue weighted by molar-refractivity contribution is 5.64. The molecule has 124 valence electrons. The summed E-state index contributed by atoms with van der Waals surface area (Å²) < 4.78 is 39.5. The highest BCUT2D eigenvalue weighted by Crippen LogP contribution is 2.31. The van der Waals surface area contributed by atoms with Gasteiger partial charge in [-0.2, -0.15) is 13.2 Å². The molecule has 0 atom stereocenters. The lowest BCUT2D eigenvalue weighted by atomic mass is 10.0. The summed E-state index contributed by atoms with van der Waals surface area (Å²) in [5, 5.41) is 16.7. The average Bonchev–Trinajstić information content (AvgIpc) is 3.02. The van der Waals surface area contributed by atoms with Crippen molar-refractivity contribution in [1.29, 1.82) is 0 Å². The molecule has 0 spiro atoms. The normalized spacial score (nSPS) is 11.7. The topological polar surface area (TPSA) is 50.9 Å². The summed E-state index contributed by atoms with van der Waals surface area (Å²) in [6, 6.07) is 12.5. The third-order valence-electron chi connectivity index (χ3n) is 3.69. The Bertz CT molecular complexity index is 808. The van der Waals surface area contributed by atoms with E-state index in [2.05, 4.69) is 10.2 Å². The molecule has 3 rings (SSSR count). The first-order valence-electron chi connectivity index (χ1n) is 7.21. The molecule has 0 aliphatic heterocycles. The largest absolute Gasteiger partial charge is 0.416 e. The minimum atomic E-state index is -4.33. The molecule has 0 radical (unpaired) electrons. The minimum absolute atomic E-state index is 0.191. The zero-order chi connectivity index (χ0) is 17.2. The van der Waals surface area contributed by atoms with Crippen molar-refractivity contribution in [3.8, 4) is 11.1 Å². The molecule has 0 aliphatic rings. The predicted molar refractivity (Wildman–Crippen MR) is 81.9 cm³/mol. The SMILES string of the molecule is OCc1nncn1Cc1ccc(-c2ccc(C(F)(F)F)cc2)cc1. The first-order chi connectivity index (χ1) is 11.5. The second kappa shape index (κ2) is 6.45. The third kappa shape index (κ3) is 3.46. The fourth-order valence-corrected chi connectivity index (χ4v) is 2.38. The van der Waals surface area contributed by atoms with Crippen LogP contribution in [0, 0.1) is 0 Å². The van der Waals surface area contributed by atoms with E-state index in [-0.39, 0.29) is 6.61 Å². The first-order valence-corrected chi connectivity index (χ1v) is 7.21. The molecule has 1 N–H and O–H groups in total. The van der Waals surface area contributed by atoms with Gasteiger partial charge in [0.25, 0.3) is 0 Å². The lowest BCUT2D eigenvalue weighted by Gasteiger charge is -2.09. The number of aliphatic hydroxyl groups excluding tert-OH is 1. The Kier molecular flexibility index (Phi) is 4.35. The van der Waals surface area contributed by atoms with Crippen molar-refractivity contribution >= 4 is 0 Å². The molecule has 0 saturated carbocycles. The van der Waals surface area contributed by atoms with Crippen LogP contribution in [0.15, 0.2) is 54.9 Å². The Morgan fingerprint density at radius 1 is 0.917 bits per heavy atom. The third-order valence-corrected chi connectivity index (χ3v) is 3.69. The lowest BCUT2D eigenvalue weighted by Crippen LogP contribution is -2.04. The van der Waals surface area contributed by atoms with Gasteiger partial charge in [0.15, 0.2) is 5.82 Å². The van der Waals surface area contributed by atoms with E-state index in [1.165, 1.54) is 18.5 Å². The summed E-state index contributed by atoms with van der Waals surface area (Å²) in [6.07, 6.45) is -2.79. The van der Waals surface area contributed by atoms with Crippen molar-refractivity contribution in [3.05, 3.63) is 71.8 Å². The van der Waals surface area contributed by atoms with Crippen LogP contribution in [0.4, 0.5) is 13.2 Å². The summed E-state index contributed by atoms with van der Waals surface area (Å²) in [5.41, 5.74) is 1.86. The molecule has 4 nitrogen and oxygen atoms in total. The highest BCUT2D eigenvalue weighted by Gasteiger charge is 2.29. The number of nitrogens with zero attached hydrogens (tertiary/aromatic N) is 3. The molecule has 24 heavy (non-hydrogen) atoms. The van der Waals surface area contributed by atoms with E-state index in [1.54, 1.807) is 4.57 Å². The highest BCUT2D eigenvalue weighted by atomic mass is 19.4. The second-order valence-electron chi connectivity index (χ2n) is 5.31. The fourth-order valence-electron chi connectivity index (χ4n) is 2.38. The van der Waals surface area contributed by atoms with Crippen LogP contribution in [-0.4, -0.2) is 19.9 Å². The number of benzene rings is 2. The van der Waals surface area contributed by atoms with E-state index >= 15 is 0 Å². The van der Waals surface area contributed by atoms with Crippen LogP contribution in [0.2, 0.25) is 0 Å². The van der Waals surface area contributed by atoms with Crippen molar-refractivity contribution in [3.63, 3.8) is 0 Å². The lowest BCUT2D eigenvalue weighted by molar-refractivity contribution is -0.137. The number of hydrogen-bond donors (Lipinski definition) is 1. The number of rotatable bonds is 4. The molecule has 3 aromatic rings. The van der Waals surface area contributed by atoms with Gasteiger partial charge in [0.05, 0.1) is 12.1 Å². The van der Waals surface area contributed by atoms with Gasteiger partial charge in [0, 0.05) is 0 Å². The van der Waals surface area contributed by atoms with E-state index < -0.39 is 11.7 Å². The van der Waals surface area contributed by atoms with Gasteiger partial charge in [-0.25, -0.2) is 0 Å². The Morgan fingerprint density at radius 3 is 2.04 bits per heavy atom. The van der Waals surface area contributed by atoms with Crippen LogP contribution in [-0.2, 0) is 19.3 Å². The first kappa shape index (κ1) is 16.2. The molecule has 1 heterocycles. The number of alkyl halides is 3. The zero-order valence-electron chi connectivity index (χ0n) is 12.5. The molecule has 0 saturated heterocycles. The standard InChI is InChI=1S/C17H14F3N3O/c18-17(19,20)15-7-5-14(6-8-15)13-3-1-12(2-4-13)9-23-11-21-22-16(23)10-24/h1-8,11,24H,9-10H2. The monoisotopic (exact) mass is 333 g/mol. The maximum Gasteiger partial charge on any atom is 0.416 e. The number of aromatic nitrogens is 3. The van der Waals surface area contributed by atoms with Crippen molar-refractivity contribution in [2.75, 3.05) is 0 Å². The molecule has 1 aromatic heterocycles. The summed E-state index contributed by atoms with van der Waals surface area (Å²) in [5.74, 6) is 0.474. The number of halogens is 3. The number of aliphatic hydroxyl groups is 1. The van der Waals surface area contributed by atoms with Crippen molar-refractivity contribution in [2.24, 2.45) is 0 Å². The summed E-state index contributed by atoms with van der Waals surface area (Å²) in [7, 11) is 0. The number of hydrogen-bond acceptors (Lipinski definition) is 3. The quantitative estimate of drug-likeness (QED) is 0.795. The molecule has 0 unspecified atom stereocenters. The Morgan fingerprint density at radius 2 is 1.50 bits per heavy atom. The van der Waals surface area contributed by atoms with Gasteiger partial charge >= 0.3 is 6.18 Å². The zero-order valence-corrected chi connectivity index (χ0v) is 12.5. The van der Waals surface area contributed by atoms with Crippen LogP contribution < -0.4 is 0 Å². The van der Waals surface area contributed by atoms with Gasteiger partial charge in [0.1, 0.15) is 12.9 Å². The Labute approximate surface area is 136 Å². The van der Waals surface area contributed by atoms with Crippen molar-refractivity contribution in [2.45, 2.75) is 19.3 Å². The smallest absolute Gasteiger partial charge is 0.388 e. The molecule has 0 fully saturated rings. The summed E-state index contributed by atoms with van der Waals surface area (Å²) >= 11 is 0. The van der Waals surface area contributed by atoms with E-state index in [4.69, 9.17) is 5.11 Å². The van der Waals surface area contributed by atoms with Gasteiger partial charge in [-0.1, -0.05) is 36.4 Å². The Balaban J connectivity index is 1.77. The fraction of sp³-hybridized carbons (Fsp3) is 0.176. The molecule has 7 heteroatoms. The Hall–Kier alpha value is -2.67. The second-order valence-corrected chi connectivity index (χ2v) is 5.31. The maximum absolute atomic E-state index is 12.6. The maximum atomic E-state index is 12.6. The molecule has 0 aliphatic carbocycles. The van der Waals surface area contributed by atoms with Crippen molar-refractivity contribution < 1.29 is 18.3 Å². The van der Waals surface area contributed by atoms with Crippen LogP contribution in [0.25, 0.3) is 11.1 Å². The van der Waals surface area contributed by atoms with E-state index in [0.717, 1.165) is 28.8 Å². The van der Waals surface area contributed by atoms with E-state index in [1.807, 2.05) is 24.3 Å². The van der Waals surface area contributed by atoms with Gasteiger partial charge in [-0.15, -0.1) is 10.2 Å². The molecule has 2 aromatic carbocycles. The van der Waals surface area contributed by atoms with Crippen LogP contribution >= 0.6 is 0 Å². The van der Waals surface area contributed by atoms with Gasteiger partial charge in [-0.05, 0) is 28.8 Å². The average molecular weight is 333 g/mol. The van der Waals surface area contributed by atoms with Crippen LogP contribution in [0.1, 0.15) is 17.0 Å². The van der Waals surface area contributed by atoms with Crippen LogP contribution in [0.5, 0.6) is 0 Å². The molecular formula is C17H14F3N3O. The predicted octanol–water partition coefficient (Wildman–Crippen LogP) is 3.50. The molecule has 0 amide bonds. The van der Waals surface area contributed by atoms with Crippen molar-refractivity contribution in [1.82, 2.24) is 14.8 Å². The molecule has 0 bridgehead atoms. The molecular weight excluding hydrogens is 319 g/mol. The summed E-state index contributed by atoms with van der Waals surface area (Å²) in [6.45, 7) is 0.319. The van der Waals surface area contributed by atoms with Gasteiger partial charge in [-0.3, -0.25) is 0 Å². The van der Waals surface area contributed by atoms with Crippen LogP contribution in [0.3, 0.4) is 0 Å². The minimum Gasteiger partial charge on any atom is -0.388 e. The van der Waals surface area contributed by atoms with Gasteiger partial charge < -0.3 is 9.67 Å². The summed E-state index contributed by atoms with van der Waals surface area (Å²) in [4.78, 5) is 0.